The van der Waals surface area contributed by atoms with Gasteiger partial charge in [-0.25, -0.2) is 0 Å². The third kappa shape index (κ3) is 3.00. The number of carbonyl (C=O) groups is 1. The number of carbonyl (C=O) groups excluding carboxylic acids is 1. The lowest BCUT2D eigenvalue weighted by atomic mass is 10.1. The fraction of sp³-hybridized carbons (Fsp3) is 0.417. The Hall–Kier alpha value is -0.580. The van der Waals surface area contributed by atoms with E-state index >= 15 is 0 Å². The number of rotatable bonds is 1. The van der Waals surface area contributed by atoms with Crippen molar-refractivity contribution >= 4 is 33.4 Å². The summed E-state index contributed by atoms with van der Waals surface area (Å²) in [5.74, 6) is 0.0655. The van der Waals surface area contributed by atoms with Crippen LogP contribution in [0.5, 0.6) is 0 Å². The average molecular weight is 318 g/mol. The van der Waals surface area contributed by atoms with Gasteiger partial charge in [0.25, 0.3) is 5.91 Å². The molecule has 1 atom stereocenters. The molecule has 1 aromatic rings. The van der Waals surface area contributed by atoms with Gasteiger partial charge in [-0.05, 0) is 41.1 Å². The van der Waals surface area contributed by atoms with Gasteiger partial charge < -0.3 is 10.2 Å². The summed E-state index contributed by atoms with van der Waals surface area (Å²) in [6.07, 6.45) is 0. The van der Waals surface area contributed by atoms with Crippen molar-refractivity contribution in [2.45, 2.75) is 13.0 Å². The van der Waals surface area contributed by atoms with Gasteiger partial charge in [-0.3, -0.25) is 4.79 Å². The summed E-state index contributed by atoms with van der Waals surface area (Å²) < 4.78 is 0.758. The molecule has 1 fully saturated rings. The minimum atomic E-state index is 0.0655. The molecule has 1 heterocycles. The number of benzene rings is 1. The van der Waals surface area contributed by atoms with Gasteiger partial charge in [-0.2, -0.15) is 0 Å². The Kier molecular flexibility index (Phi) is 4.07. The van der Waals surface area contributed by atoms with E-state index in [1.54, 1.807) is 18.2 Å². The summed E-state index contributed by atoms with van der Waals surface area (Å²) in [6.45, 7) is 4.43. The molecule has 0 radical (unpaired) electrons. The molecule has 5 heteroatoms. The quantitative estimate of drug-likeness (QED) is 0.863. The summed E-state index contributed by atoms with van der Waals surface area (Å²) in [7, 11) is 0. The monoisotopic (exact) mass is 316 g/mol. The number of halogens is 2. The molecule has 1 N–H and O–H groups in total. The van der Waals surface area contributed by atoms with E-state index in [-0.39, 0.29) is 5.91 Å². The molecule has 2 rings (SSSR count). The first kappa shape index (κ1) is 12.9. The van der Waals surface area contributed by atoms with Crippen LogP contribution < -0.4 is 5.32 Å². The Bertz CT molecular complexity index is 439. The van der Waals surface area contributed by atoms with Gasteiger partial charge in [0, 0.05) is 35.7 Å². The van der Waals surface area contributed by atoms with E-state index in [9.17, 15) is 4.79 Å². The second-order valence-corrected chi connectivity index (χ2v) is 5.50. The van der Waals surface area contributed by atoms with Crippen molar-refractivity contribution in [3.8, 4) is 0 Å². The topological polar surface area (TPSA) is 32.3 Å². The predicted molar refractivity (Wildman–Crippen MR) is 72.5 cm³/mol. The fourth-order valence-corrected chi connectivity index (χ4v) is 2.42. The number of hydrogen-bond acceptors (Lipinski definition) is 2. The van der Waals surface area contributed by atoms with Crippen LogP contribution in [0.4, 0.5) is 0 Å². The van der Waals surface area contributed by atoms with Crippen LogP contribution in [-0.2, 0) is 0 Å². The maximum absolute atomic E-state index is 12.2. The Labute approximate surface area is 114 Å². The highest BCUT2D eigenvalue weighted by Crippen LogP contribution is 2.24. The number of piperazine rings is 1. The molecule has 1 saturated heterocycles. The molecule has 1 aliphatic rings. The third-order valence-corrected chi connectivity index (χ3v) is 4.04. The molecule has 0 aromatic heterocycles. The first-order valence-electron chi connectivity index (χ1n) is 5.55. The Morgan fingerprint density at radius 1 is 1.59 bits per heavy atom. The van der Waals surface area contributed by atoms with E-state index in [2.05, 4.69) is 28.2 Å². The van der Waals surface area contributed by atoms with Crippen LogP contribution in [0.2, 0.25) is 5.02 Å². The normalized spacial score (nSPS) is 20.4. The van der Waals surface area contributed by atoms with E-state index in [0.29, 0.717) is 16.6 Å². The summed E-state index contributed by atoms with van der Waals surface area (Å²) in [4.78, 5) is 14.1. The van der Waals surface area contributed by atoms with Crippen molar-refractivity contribution in [2.24, 2.45) is 0 Å². The minimum absolute atomic E-state index is 0.0655. The lowest BCUT2D eigenvalue weighted by Gasteiger charge is -2.32. The SMILES string of the molecule is C[C@H]1CN(C(=O)c2ccc(Cl)c(Br)c2)CCN1. The van der Waals surface area contributed by atoms with Crippen LogP contribution in [0, 0.1) is 0 Å². The van der Waals surface area contributed by atoms with E-state index < -0.39 is 0 Å². The molecule has 92 valence electrons. The molecular weight excluding hydrogens is 304 g/mol. The Balaban J connectivity index is 2.15. The fourth-order valence-electron chi connectivity index (χ4n) is 1.93. The van der Waals surface area contributed by atoms with Crippen LogP contribution in [0.3, 0.4) is 0 Å². The van der Waals surface area contributed by atoms with Gasteiger partial charge in [0.05, 0.1) is 5.02 Å². The van der Waals surface area contributed by atoms with Crippen molar-refractivity contribution in [2.75, 3.05) is 19.6 Å². The van der Waals surface area contributed by atoms with Gasteiger partial charge in [0.2, 0.25) is 0 Å². The smallest absolute Gasteiger partial charge is 0.253 e. The second-order valence-electron chi connectivity index (χ2n) is 4.24. The predicted octanol–water partition coefficient (Wildman–Crippen LogP) is 2.54. The highest BCUT2D eigenvalue weighted by atomic mass is 79.9. The molecule has 1 aliphatic heterocycles. The lowest BCUT2D eigenvalue weighted by molar-refractivity contribution is 0.0709. The van der Waals surface area contributed by atoms with Crippen molar-refractivity contribution in [1.29, 1.82) is 0 Å². The van der Waals surface area contributed by atoms with Crippen molar-refractivity contribution in [3.05, 3.63) is 33.3 Å². The molecule has 0 saturated carbocycles. The number of hydrogen-bond donors (Lipinski definition) is 1. The highest BCUT2D eigenvalue weighted by molar-refractivity contribution is 9.10. The van der Waals surface area contributed by atoms with E-state index in [1.807, 2.05) is 4.90 Å². The Morgan fingerprint density at radius 2 is 2.35 bits per heavy atom. The molecule has 3 nitrogen and oxygen atoms in total. The van der Waals surface area contributed by atoms with Gasteiger partial charge in [0.1, 0.15) is 0 Å². The highest BCUT2D eigenvalue weighted by Gasteiger charge is 2.21. The van der Waals surface area contributed by atoms with E-state index in [1.165, 1.54) is 0 Å². The van der Waals surface area contributed by atoms with Crippen molar-refractivity contribution in [1.82, 2.24) is 10.2 Å². The molecule has 17 heavy (non-hydrogen) atoms. The zero-order valence-electron chi connectivity index (χ0n) is 9.54. The molecule has 1 amide bonds. The summed E-state index contributed by atoms with van der Waals surface area (Å²) in [5, 5.41) is 3.94. The van der Waals surface area contributed by atoms with Crippen LogP contribution in [-0.4, -0.2) is 36.5 Å². The number of amides is 1. The zero-order valence-corrected chi connectivity index (χ0v) is 11.9. The van der Waals surface area contributed by atoms with Gasteiger partial charge in [0.15, 0.2) is 0 Å². The molecular formula is C12H14BrClN2O. The number of nitrogens with zero attached hydrogens (tertiary/aromatic N) is 1. The molecule has 0 spiro atoms. The summed E-state index contributed by atoms with van der Waals surface area (Å²) in [5.41, 5.74) is 0.676. The van der Waals surface area contributed by atoms with Crippen LogP contribution >= 0.6 is 27.5 Å². The van der Waals surface area contributed by atoms with Gasteiger partial charge >= 0.3 is 0 Å². The first-order chi connectivity index (χ1) is 8.08. The molecule has 0 bridgehead atoms. The second kappa shape index (κ2) is 5.38. The van der Waals surface area contributed by atoms with Gasteiger partial charge in [-0.15, -0.1) is 0 Å². The average Bonchev–Trinajstić information content (AvgIpc) is 2.32. The Morgan fingerprint density at radius 3 is 3.00 bits per heavy atom. The first-order valence-corrected chi connectivity index (χ1v) is 6.72. The van der Waals surface area contributed by atoms with Crippen LogP contribution in [0.25, 0.3) is 0 Å². The minimum Gasteiger partial charge on any atom is -0.336 e. The van der Waals surface area contributed by atoms with Crippen LogP contribution in [0.1, 0.15) is 17.3 Å². The molecule has 0 aliphatic carbocycles. The molecule has 0 unspecified atom stereocenters. The van der Waals surface area contributed by atoms with Crippen LogP contribution in [0.15, 0.2) is 22.7 Å². The summed E-state index contributed by atoms with van der Waals surface area (Å²) >= 11 is 9.25. The number of nitrogens with one attached hydrogen (secondary N) is 1. The largest absolute Gasteiger partial charge is 0.336 e. The van der Waals surface area contributed by atoms with Crippen molar-refractivity contribution < 1.29 is 4.79 Å². The third-order valence-electron chi connectivity index (χ3n) is 2.82. The van der Waals surface area contributed by atoms with E-state index in [0.717, 1.165) is 24.1 Å². The van der Waals surface area contributed by atoms with Gasteiger partial charge in [-0.1, -0.05) is 11.6 Å². The lowest BCUT2D eigenvalue weighted by Crippen LogP contribution is -2.51. The maximum atomic E-state index is 12.2. The summed E-state index contributed by atoms with van der Waals surface area (Å²) in [6, 6.07) is 5.63. The zero-order chi connectivity index (χ0) is 12.4. The van der Waals surface area contributed by atoms with E-state index in [4.69, 9.17) is 11.6 Å². The molecule has 1 aromatic carbocycles. The maximum Gasteiger partial charge on any atom is 0.253 e. The standard InChI is InChI=1S/C12H14BrClN2O/c1-8-7-16(5-4-15-8)12(17)9-2-3-11(14)10(13)6-9/h2-3,6,8,15H,4-5,7H2,1H3/t8-/m0/s1. The van der Waals surface area contributed by atoms with Crippen molar-refractivity contribution in [3.63, 3.8) is 0 Å².